The van der Waals surface area contributed by atoms with Crippen LogP contribution in [0.25, 0.3) is 0 Å². The van der Waals surface area contributed by atoms with Crippen LogP contribution in [0.2, 0.25) is 0 Å². The van der Waals surface area contributed by atoms with Gasteiger partial charge in [-0.1, -0.05) is 33.1 Å². The molecule has 0 aromatic heterocycles. The van der Waals surface area contributed by atoms with Gasteiger partial charge in [0.2, 0.25) is 0 Å². The van der Waals surface area contributed by atoms with E-state index in [-0.39, 0.29) is 5.92 Å². The lowest BCUT2D eigenvalue weighted by molar-refractivity contribution is 0.496. The fraction of sp³-hybridized carbons (Fsp3) is 1.00. The first kappa shape index (κ1) is 15.0. The summed E-state index contributed by atoms with van der Waals surface area (Å²) in [6, 6.07) is 0. The topological polar surface area (TPSA) is 46.2 Å². The average molecular weight is 261 g/mol. The molecule has 1 N–H and O–H groups in total. The van der Waals surface area contributed by atoms with Gasteiger partial charge in [-0.2, -0.15) is 0 Å². The molecule has 0 spiro atoms. The maximum Gasteiger partial charge on any atom is 0.151 e. The molecule has 17 heavy (non-hydrogen) atoms. The molecule has 0 aliphatic heterocycles. The van der Waals surface area contributed by atoms with Crippen LogP contribution in [0.1, 0.15) is 46.0 Å². The fourth-order valence-corrected chi connectivity index (χ4v) is 4.11. The summed E-state index contributed by atoms with van der Waals surface area (Å²) in [4.78, 5) is 0. The summed E-state index contributed by atoms with van der Waals surface area (Å²) in [5.41, 5.74) is 0. The molecule has 1 rings (SSSR count). The highest BCUT2D eigenvalue weighted by molar-refractivity contribution is 7.91. The molecular weight excluding hydrogens is 234 g/mol. The van der Waals surface area contributed by atoms with Crippen LogP contribution in [0, 0.1) is 11.8 Å². The molecule has 3 nitrogen and oxygen atoms in total. The minimum Gasteiger partial charge on any atom is -0.315 e. The van der Waals surface area contributed by atoms with E-state index >= 15 is 0 Å². The Labute approximate surface area is 106 Å². The van der Waals surface area contributed by atoms with E-state index in [1.54, 1.807) is 0 Å². The second-order valence-corrected chi connectivity index (χ2v) is 7.71. The summed E-state index contributed by atoms with van der Waals surface area (Å²) in [5, 5.41) is 3.30. The first-order valence-electron chi connectivity index (χ1n) is 6.94. The Morgan fingerprint density at radius 1 is 1.29 bits per heavy atom. The normalized spacial score (nSPS) is 19.6. The van der Waals surface area contributed by atoms with Gasteiger partial charge in [0.25, 0.3) is 0 Å². The number of rotatable bonds is 8. The third-order valence-electron chi connectivity index (χ3n) is 3.73. The summed E-state index contributed by atoms with van der Waals surface area (Å²) in [6.45, 7) is 5.66. The Hall–Kier alpha value is -0.0900. The van der Waals surface area contributed by atoms with Gasteiger partial charge in [-0.3, -0.25) is 0 Å². The van der Waals surface area contributed by atoms with Crippen molar-refractivity contribution in [3.05, 3.63) is 0 Å². The molecule has 1 unspecified atom stereocenters. The van der Waals surface area contributed by atoms with E-state index in [2.05, 4.69) is 5.32 Å². The minimum absolute atomic E-state index is 0.287. The van der Waals surface area contributed by atoms with Crippen molar-refractivity contribution in [1.82, 2.24) is 5.32 Å². The molecule has 1 atom stereocenters. The van der Waals surface area contributed by atoms with Gasteiger partial charge in [0, 0.05) is 6.54 Å². The summed E-state index contributed by atoms with van der Waals surface area (Å²) >= 11 is 0. The number of sulfone groups is 1. The second kappa shape index (κ2) is 7.37. The van der Waals surface area contributed by atoms with Gasteiger partial charge < -0.3 is 5.32 Å². The van der Waals surface area contributed by atoms with Crippen LogP contribution >= 0.6 is 0 Å². The van der Waals surface area contributed by atoms with Crippen molar-refractivity contribution in [2.24, 2.45) is 11.8 Å². The minimum atomic E-state index is -2.85. The highest BCUT2D eigenvalue weighted by atomic mass is 32.2. The zero-order valence-electron chi connectivity index (χ0n) is 11.2. The van der Waals surface area contributed by atoms with Gasteiger partial charge >= 0.3 is 0 Å². The number of nitrogens with one attached hydrogen (secondary N) is 1. The smallest absolute Gasteiger partial charge is 0.151 e. The van der Waals surface area contributed by atoms with Crippen LogP contribution in [0.4, 0.5) is 0 Å². The molecule has 1 fully saturated rings. The first-order valence-corrected chi connectivity index (χ1v) is 8.76. The largest absolute Gasteiger partial charge is 0.315 e. The van der Waals surface area contributed by atoms with E-state index in [1.165, 1.54) is 25.7 Å². The Morgan fingerprint density at radius 3 is 2.53 bits per heavy atom. The van der Waals surface area contributed by atoms with Crippen LogP contribution in [-0.4, -0.2) is 33.0 Å². The molecule has 0 saturated heterocycles. The van der Waals surface area contributed by atoms with Gasteiger partial charge in [-0.05, 0) is 31.2 Å². The lowest BCUT2D eigenvalue weighted by Gasteiger charge is -2.12. The van der Waals surface area contributed by atoms with E-state index in [0.717, 1.165) is 18.9 Å². The van der Waals surface area contributed by atoms with Crippen LogP contribution in [0.5, 0.6) is 0 Å². The molecule has 1 saturated carbocycles. The highest BCUT2D eigenvalue weighted by Crippen LogP contribution is 2.23. The summed E-state index contributed by atoms with van der Waals surface area (Å²) in [5.74, 6) is 1.71. The van der Waals surface area contributed by atoms with Crippen molar-refractivity contribution >= 4 is 9.84 Å². The van der Waals surface area contributed by atoms with Gasteiger partial charge in [0.15, 0.2) is 9.84 Å². The Balaban J connectivity index is 2.12. The zero-order valence-corrected chi connectivity index (χ0v) is 12.1. The van der Waals surface area contributed by atoms with Crippen molar-refractivity contribution in [3.63, 3.8) is 0 Å². The molecule has 1 aliphatic rings. The second-order valence-electron chi connectivity index (χ2n) is 5.48. The standard InChI is InChI=1S/C13H27NO2S/c1-3-12(2)11-17(15,16)9-8-14-10-13-6-4-5-7-13/h12-14H,3-11H2,1-2H3. The summed E-state index contributed by atoms with van der Waals surface area (Å²) in [6.07, 6.45) is 6.26. The van der Waals surface area contributed by atoms with E-state index in [9.17, 15) is 8.42 Å². The van der Waals surface area contributed by atoms with Gasteiger partial charge in [0.1, 0.15) is 0 Å². The molecule has 4 heteroatoms. The third kappa shape index (κ3) is 6.41. The predicted octanol–water partition coefficient (Wildman–Crippen LogP) is 2.23. The van der Waals surface area contributed by atoms with Gasteiger partial charge in [0.05, 0.1) is 11.5 Å². The van der Waals surface area contributed by atoms with Crippen molar-refractivity contribution in [2.75, 3.05) is 24.6 Å². The fourth-order valence-electron chi connectivity index (χ4n) is 2.38. The van der Waals surface area contributed by atoms with E-state index in [4.69, 9.17) is 0 Å². The maximum atomic E-state index is 11.8. The Morgan fingerprint density at radius 2 is 1.94 bits per heavy atom. The van der Waals surface area contributed by atoms with Crippen LogP contribution in [-0.2, 0) is 9.84 Å². The van der Waals surface area contributed by atoms with Crippen molar-refractivity contribution in [1.29, 1.82) is 0 Å². The molecule has 0 heterocycles. The Bertz CT molecular complexity index is 295. The molecule has 0 radical (unpaired) electrons. The molecule has 0 aromatic rings. The number of hydrogen-bond acceptors (Lipinski definition) is 3. The van der Waals surface area contributed by atoms with Crippen molar-refractivity contribution < 1.29 is 8.42 Å². The zero-order chi connectivity index (χ0) is 12.7. The van der Waals surface area contributed by atoms with Crippen LogP contribution in [0.3, 0.4) is 0 Å². The van der Waals surface area contributed by atoms with E-state index in [0.29, 0.717) is 18.1 Å². The molecule has 1 aliphatic carbocycles. The first-order chi connectivity index (χ1) is 8.03. The molecule has 0 aromatic carbocycles. The Kier molecular flexibility index (Phi) is 6.49. The van der Waals surface area contributed by atoms with Crippen molar-refractivity contribution in [2.45, 2.75) is 46.0 Å². The van der Waals surface area contributed by atoms with Crippen LogP contribution < -0.4 is 5.32 Å². The molecule has 0 amide bonds. The monoisotopic (exact) mass is 261 g/mol. The highest BCUT2D eigenvalue weighted by Gasteiger charge is 2.16. The van der Waals surface area contributed by atoms with Crippen molar-refractivity contribution in [3.8, 4) is 0 Å². The lowest BCUT2D eigenvalue weighted by atomic mass is 10.1. The summed E-state index contributed by atoms with van der Waals surface area (Å²) in [7, 11) is -2.85. The SMILES string of the molecule is CCC(C)CS(=O)(=O)CCNCC1CCCC1. The average Bonchev–Trinajstić information content (AvgIpc) is 2.76. The van der Waals surface area contributed by atoms with Gasteiger partial charge in [-0.25, -0.2) is 8.42 Å². The third-order valence-corrected chi connectivity index (χ3v) is 5.64. The summed E-state index contributed by atoms with van der Waals surface area (Å²) < 4.78 is 23.5. The van der Waals surface area contributed by atoms with Crippen LogP contribution in [0.15, 0.2) is 0 Å². The predicted molar refractivity (Wildman–Crippen MR) is 72.9 cm³/mol. The molecular formula is C13H27NO2S. The molecule has 102 valence electrons. The van der Waals surface area contributed by atoms with E-state index in [1.807, 2.05) is 13.8 Å². The lowest BCUT2D eigenvalue weighted by Crippen LogP contribution is -2.29. The van der Waals surface area contributed by atoms with E-state index < -0.39 is 9.84 Å². The quantitative estimate of drug-likeness (QED) is 0.682. The number of hydrogen-bond donors (Lipinski definition) is 1. The van der Waals surface area contributed by atoms with Gasteiger partial charge in [-0.15, -0.1) is 0 Å². The molecule has 0 bridgehead atoms. The maximum absolute atomic E-state index is 11.8.